The highest BCUT2D eigenvalue weighted by Crippen LogP contribution is 2.27. The molecule has 0 bridgehead atoms. The van der Waals surface area contributed by atoms with E-state index in [1.54, 1.807) is 0 Å². The maximum absolute atomic E-state index is 11.4. The number of unbranched alkanes of at least 4 members (excludes halogenated alkanes) is 1. The third-order valence-electron chi connectivity index (χ3n) is 3.51. The van der Waals surface area contributed by atoms with Gasteiger partial charge in [0.05, 0.1) is 0 Å². The Balaban J connectivity index is 2.95. The molecule has 10 heteroatoms. The lowest BCUT2D eigenvalue weighted by atomic mass is 9.98. The molecule has 10 nitrogen and oxygen atoms in total. The van der Waals surface area contributed by atoms with Crippen molar-refractivity contribution in [3.8, 4) is 0 Å². The van der Waals surface area contributed by atoms with Crippen LogP contribution in [0.25, 0.3) is 0 Å². The molecule has 0 radical (unpaired) electrons. The Labute approximate surface area is 151 Å². The number of carbonyl (C=O) groups is 3. The predicted molar refractivity (Wildman–Crippen MR) is 84.7 cm³/mol. The van der Waals surface area contributed by atoms with Crippen LogP contribution in [-0.4, -0.2) is 78.6 Å². The fourth-order valence-corrected chi connectivity index (χ4v) is 2.42. The van der Waals surface area contributed by atoms with Crippen LogP contribution in [0.5, 0.6) is 0 Å². The standard InChI is InChI=1S/C16H26O10/c1-9(18)23-8-12-13(21)14(24-10(2)19)15(25-11(3)20)16(26-12)22-7-5-4-6-17/h12-17,21H,4-8H2,1-3H3/t12?,13-,14?,15?,16-/m1/s1. The number of hydrogen-bond acceptors (Lipinski definition) is 10. The van der Waals surface area contributed by atoms with Crippen molar-refractivity contribution in [2.45, 2.75) is 64.3 Å². The van der Waals surface area contributed by atoms with Crippen LogP contribution in [0.4, 0.5) is 0 Å². The molecule has 5 atom stereocenters. The first-order valence-electron chi connectivity index (χ1n) is 8.30. The lowest BCUT2D eigenvalue weighted by molar-refractivity contribution is -0.306. The first-order chi connectivity index (χ1) is 12.3. The Morgan fingerprint density at radius 2 is 1.58 bits per heavy atom. The van der Waals surface area contributed by atoms with Crippen molar-refractivity contribution in [2.75, 3.05) is 19.8 Å². The number of hydrogen-bond donors (Lipinski definition) is 2. The van der Waals surface area contributed by atoms with Gasteiger partial charge in [-0.05, 0) is 12.8 Å². The van der Waals surface area contributed by atoms with Crippen molar-refractivity contribution in [3.63, 3.8) is 0 Å². The molecular formula is C16H26O10. The summed E-state index contributed by atoms with van der Waals surface area (Å²) in [5, 5.41) is 19.2. The Morgan fingerprint density at radius 1 is 0.962 bits per heavy atom. The van der Waals surface area contributed by atoms with E-state index in [1.165, 1.54) is 6.92 Å². The molecule has 1 aliphatic rings. The minimum Gasteiger partial charge on any atom is -0.463 e. The summed E-state index contributed by atoms with van der Waals surface area (Å²) in [6, 6.07) is 0. The fourth-order valence-electron chi connectivity index (χ4n) is 2.42. The van der Waals surface area contributed by atoms with E-state index in [0.717, 1.165) is 13.8 Å². The molecule has 0 aromatic heterocycles. The van der Waals surface area contributed by atoms with Crippen LogP contribution in [0.15, 0.2) is 0 Å². The van der Waals surface area contributed by atoms with E-state index in [-0.39, 0.29) is 19.8 Å². The predicted octanol–water partition coefficient (Wildman–Crippen LogP) is -0.712. The normalized spacial score (nSPS) is 28.3. The molecule has 0 aliphatic carbocycles. The largest absolute Gasteiger partial charge is 0.463 e. The molecule has 2 N–H and O–H groups in total. The van der Waals surface area contributed by atoms with E-state index in [9.17, 15) is 19.5 Å². The van der Waals surface area contributed by atoms with Gasteiger partial charge in [0.25, 0.3) is 0 Å². The molecule has 0 aromatic rings. The summed E-state index contributed by atoms with van der Waals surface area (Å²) in [4.78, 5) is 33.8. The monoisotopic (exact) mass is 378 g/mol. The van der Waals surface area contributed by atoms with Gasteiger partial charge in [-0.2, -0.15) is 0 Å². The molecule has 26 heavy (non-hydrogen) atoms. The average Bonchev–Trinajstić information content (AvgIpc) is 2.54. The van der Waals surface area contributed by atoms with Crippen molar-refractivity contribution in [1.29, 1.82) is 0 Å². The summed E-state index contributed by atoms with van der Waals surface area (Å²) in [6.45, 7) is 3.37. The van der Waals surface area contributed by atoms with Crippen molar-refractivity contribution >= 4 is 17.9 Å². The maximum Gasteiger partial charge on any atom is 0.303 e. The third kappa shape index (κ3) is 7.24. The molecule has 1 heterocycles. The summed E-state index contributed by atoms with van der Waals surface area (Å²) >= 11 is 0. The molecule has 0 spiro atoms. The van der Waals surface area contributed by atoms with Crippen molar-refractivity contribution in [3.05, 3.63) is 0 Å². The van der Waals surface area contributed by atoms with Gasteiger partial charge < -0.3 is 33.9 Å². The van der Waals surface area contributed by atoms with Crippen LogP contribution in [0, 0.1) is 0 Å². The number of esters is 3. The molecule has 150 valence electrons. The van der Waals surface area contributed by atoms with Gasteiger partial charge in [-0.3, -0.25) is 14.4 Å². The molecular weight excluding hydrogens is 352 g/mol. The molecule has 1 aliphatic heterocycles. The van der Waals surface area contributed by atoms with E-state index in [2.05, 4.69) is 0 Å². The van der Waals surface area contributed by atoms with Crippen LogP contribution in [-0.2, 0) is 38.1 Å². The Kier molecular flexibility index (Phi) is 9.49. The Morgan fingerprint density at radius 3 is 2.12 bits per heavy atom. The first-order valence-corrected chi connectivity index (χ1v) is 8.30. The van der Waals surface area contributed by atoms with Gasteiger partial charge in [0.1, 0.15) is 18.8 Å². The number of aliphatic hydroxyl groups is 2. The van der Waals surface area contributed by atoms with E-state index in [0.29, 0.717) is 12.8 Å². The number of ether oxygens (including phenoxy) is 5. The molecule has 1 saturated heterocycles. The van der Waals surface area contributed by atoms with Crippen LogP contribution in [0.1, 0.15) is 33.6 Å². The van der Waals surface area contributed by atoms with Crippen molar-refractivity contribution in [1.82, 2.24) is 0 Å². The van der Waals surface area contributed by atoms with Gasteiger partial charge in [-0.25, -0.2) is 0 Å². The quantitative estimate of drug-likeness (QED) is 0.300. The van der Waals surface area contributed by atoms with Crippen LogP contribution in [0.3, 0.4) is 0 Å². The average molecular weight is 378 g/mol. The first kappa shape index (κ1) is 22.3. The van der Waals surface area contributed by atoms with Crippen LogP contribution < -0.4 is 0 Å². The van der Waals surface area contributed by atoms with Crippen LogP contribution >= 0.6 is 0 Å². The van der Waals surface area contributed by atoms with E-state index >= 15 is 0 Å². The maximum atomic E-state index is 11.4. The second-order valence-corrected chi connectivity index (χ2v) is 5.79. The Bertz CT molecular complexity index is 480. The highest BCUT2D eigenvalue weighted by Gasteiger charge is 2.50. The molecule has 0 amide bonds. The topological polar surface area (TPSA) is 138 Å². The fraction of sp³-hybridized carbons (Fsp3) is 0.812. The lowest BCUT2D eigenvalue weighted by Crippen LogP contribution is -2.61. The van der Waals surface area contributed by atoms with Gasteiger partial charge >= 0.3 is 17.9 Å². The summed E-state index contributed by atoms with van der Waals surface area (Å²) in [5.41, 5.74) is 0. The number of carbonyl (C=O) groups excluding carboxylic acids is 3. The van der Waals surface area contributed by atoms with Gasteiger partial charge in [0.2, 0.25) is 0 Å². The van der Waals surface area contributed by atoms with Crippen molar-refractivity contribution < 1.29 is 48.3 Å². The summed E-state index contributed by atoms with van der Waals surface area (Å²) in [6.07, 6.45) is -5.04. The molecule has 0 aromatic carbocycles. The van der Waals surface area contributed by atoms with E-state index in [1.807, 2.05) is 0 Å². The van der Waals surface area contributed by atoms with Crippen molar-refractivity contribution in [2.24, 2.45) is 0 Å². The van der Waals surface area contributed by atoms with Gasteiger partial charge in [0.15, 0.2) is 18.5 Å². The Hall–Kier alpha value is -1.75. The molecule has 0 saturated carbocycles. The van der Waals surface area contributed by atoms with Crippen LogP contribution in [0.2, 0.25) is 0 Å². The summed E-state index contributed by atoms with van der Waals surface area (Å²) < 4.78 is 26.2. The third-order valence-corrected chi connectivity index (χ3v) is 3.51. The van der Waals surface area contributed by atoms with E-state index < -0.39 is 48.6 Å². The second kappa shape index (κ2) is 11.1. The molecule has 1 rings (SSSR count). The molecule has 1 fully saturated rings. The van der Waals surface area contributed by atoms with Gasteiger partial charge in [0, 0.05) is 34.0 Å². The molecule has 3 unspecified atom stereocenters. The number of rotatable bonds is 9. The lowest BCUT2D eigenvalue weighted by Gasteiger charge is -2.42. The minimum atomic E-state index is -1.40. The second-order valence-electron chi connectivity index (χ2n) is 5.79. The summed E-state index contributed by atoms with van der Waals surface area (Å²) in [7, 11) is 0. The highest BCUT2D eigenvalue weighted by atomic mass is 16.7. The summed E-state index contributed by atoms with van der Waals surface area (Å²) in [5.74, 6) is -1.95. The zero-order valence-corrected chi connectivity index (χ0v) is 15.1. The SMILES string of the molecule is CC(=O)OCC1O[C@@H](OCCCCO)C(OC(C)=O)C(OC(C)=O)[C@@H]1O. The highest BCUT2D eigenvalue weighted by molar-refractivity contribution is 5.67. The van der Waals surface area contributed by atoms with E-state index in [4.69, 9.17) is 28.8 Å². The number of aliphatic hydroxyl groups excluding tert-OH is 2. The van der Waals surface area contributed by atoms with Gasteiger partial charge in [-0.15, -0.1) is 0 Å². The smallest absolute Gasteiger partial charge is 0.303 e. The zero-order chi connectivity index (χ0) is 19.7. The minimum absolute atomic E-state index is 0.00782. The van der Waals surface area contributed by atoms with Gasteiger partial charge in [-0.1, -0.05) is 0 Å². The zero-order valence-electron chi connectivity index (χ0n) is 15.1.